The monoisotopic (exact) mass is 621 g/mol. The number of ether oxygens (including phenoxy) is 4. The number of alkyl carbamates (subject to hydrolysis) is 2. The van der Waals surface area contributed by atoms with E-state index in [9.17, 15) is 19.2 Å². The lowest BCUT2D eigenvalue weighted by Crippen LogP contribution is -2.36. The van der Waals surface area contributed by atoms with Gasteiger partial charge in [-0.05, 0) is 80.1 Å². The van der Waals surface area contributed by atoms with Crippen LogP contribution in [0.3, 0.4) is 0 Å². The highest BCUT2D eigenvalue weighted by Crippen LogP contribution is 2.07. The number of hydrogen-bond donors (Lipinski definition) is 5. The maximum atomic E-state index is 11.7. The minimum Gasteiger partial charge on any atom is -0.450 e. The Morgan fingerprint density at radius 2 is 0.814 bits per heavy atom. The van der Waals surface area contributed by atoms with Crippen LogP contribution in [0.5, 0.6) is 0 Å². The van der Waals surface area contributed by atoms with Gasteiger partial charge in [0.1, 0.15) is 11.2 Å². The lowest BCUT2D eigenvalue weighted by atomic mass is 10.2. The number of amides is 4. The summed E-state index contributed by atoms with van der Waals surface area (Å²) in [6, 6.07) is 0. The zero-order valence-corrected chi connectivity index (χ0v) is 26.9. The Morgan fingerprint density at radius 1 is 0.465 bits per heavy atom. The number of unbranched alkanes of at least 4 members (excludes halogenated alkanes) is 6. The fraction of sp³-hybridized carbons (Fsp3) is 0.857. The maximum absolute atomic E-state index is 11.7. The Kier molecular flexibility index (Phi) is 22.7. The molecule has 0 atom stereocenters. The van der Waals surface area contributed by atoms with E-state index in [1.165, 1.54) is 0 Å². The molecule has 0 unspecified atom stereocenters. The molecule has 15 heteroatoms. The summed E-state index contributed by atoms with van der Waals surface area (Å²) in [6.07, 6.45) is 4.29. The molecule has 0 spiro atoms. The number of carbonyl (C=O) groups is 4. The van der Waals surface area contributed by atoms with Crippen molar-refractivity contribution in [2.45, 2.75) is 104 Å². The van der Waals surface area contributed by atoms with E-state index in [0.717, 1.165) is 51.4 Å². The van der Waals surface area contributed by atoms with Crippen molar-refractivity contribution in [3.05, 3.63) is 0 Å². The topological polar surface area (TPSA) is 184 Å². The lowest BCUT2D eigenvalue weighted by Gasteiger charge is -2.19. The molecule has 0 saturated carbocycles. The van der Waals surface area contributed by atoms with Crippen molar-refractivity contribution in [2.24, 2.45) is 0 Å². The molecule has 0 heterocycles. The predicted octanol–water partition coefficient (Wildman–Crippen LogP) is 4.06. The van der Waals surface area contributed by atoms with Gasteiger partial charge in [0.25, 0.3) is 0 Å². The Hall–Kier alpha value is -3.04. The Bertz CT molecular complexity index is 710. The van der Waals surface area contributed by atoms with Gasteiger partial charge in [-0.1, -0.05) is 12.8 Å². The van der Waals surface area contributed by atoms with Gasteiger partial charge < -0.3 is 34.9 Å². The molecule has 0 fully saturated rings. The van der Waals surface area contributed by atoms with Crippen molar-refractivity contribution in [2.75, 3.05) is 52.6 Å². The summed E-state index contributed by atoms with van der Waals surface area (Å²) >= 11 is 0. The molecule has 0 bridgehead atoms. The van der Waals surface area contributed by atoms with Crippen molar-refractivity contribution in [3.8, 4) is 0 Å². The van der Waals surface area contributed by atoms with Gasteiger partial charge in [-0.3, -0.25) is 9.68 Å². The molecule has 0 aromatic rings. The van der Waals surface area contributed by atoms with E-state index in [2.05, 4.69) is 26.9 Å². The van der Waals surface area contributed by atoms with Crippen molar-refractivity contribution >= 4 is 24.4 Å². The second-order valence-corrected chi connectivity index (χ2v) is 11.6. The molecule has 0 rings (SSSR count). The summed E-state index contributed by atoms with van der Waals surface area (Å²) in [5.41, 5.74) is 3.33. The zero-order chi connectivity index (χ0) is 32.4. The molecule has 252 valence electrons. The first-order chi connectivity index (χ1) is 20.3. The van der Waals surface area contributed by atoms with Gasteiger partial charge >= 0.3 is 24.4 Å². The highest BCUT2D eigenvalue weighted by Gasteiger charge is 2.16. The number of carbonyl (C=O) groups excluding carboxylic acids is 4. The summed E-state index contributed by atoms with van der Waals surface area (Å²) in [4.78, 5) is 56.4. The number of rotatable bonds is 22. The Balaban J connectivity index is 3.40. The first-order valence-corrected chi connectivity index (χ1v) is 15.0. The third-order valence-electron chi connectivity index (χ3n) is 5.00. The predicted molar refractivity (Wildman–Crippen MR) is 159 cm³/mol. The van der Waals surface area contributed by atoms with Crippen LogP contribution in [0, 0.1) is 0 Å². The van der Waals surface area contributed by atoms with Crippen LogP contribution in [0.1, 0.15) is 92.9 Å². The quantitative estimate of drug-likeness (QED) is 0.0667. The molecular weight excluding hydrogens is 566 g/mol. The molecule has 15 nitrogen and oxygen atoms in total. The van der Waals surface area contributed by atoms with Crippen LogP contribution in [0.25, 0.3) is 0 Å². The molecule has 0 saturated heterocycles. The highest BCUT2D eigenvalue weighted by molar-refractivity contribution is 5.67. The summed E-state index contributed by atoms with van der Waals surface area (Å²) in [6.45, 7) is 13.9. The summed E-state index contributed by atoms with van der Waals surface area (Å²) < 4.78 is 20.4. The van der Waals surface area contributed by atoms with E-state index in [1.807, 2.05) is 0 Å². The molecule has 43 heavy (non-hydrogen) atoms. The lowest BCUT2D eigenvalue weighted by molar-refractivity contribution is -0.00910. The first kappa shape index (κ1) is 40.0. The number of nitrogens with one attached hydrogen (secondary N) is 5. The summed E-state index contributed by atoms with van der Waals surface area (Å²) in [5, 5.41) is 8.41. The number of hydrogen-bond acceptors (Lipinski definition) is 11. The van der Waals surface area contributed by atoms with E-state index in [0.29, 0.717) is 52.6 Å². The fourth-order valence-corrected chi connectivity index (χ4v) is 3.14. The third-order valence-corrected chi connectivity index (χ3v) is 5.00. The Morgan fingerprint density at radius 3 is 1.16 bits per heavy atom. The van der Waals surface area contributed by atoms with Crippen molar-refractivity contribution in [1.82, 2.24) is 26.9 Å². The van der Waals surface area contributed by atoms with Gasteiger partial charge in [-0.2, -0.15) is 11.0 Å². The molecule has 5 N–H and O–H groups in total. The molecule has 0 radical (unpaired) electrons. The smallest absolute Gasteiger partial charge is 0.431 e. The van der Waals surface area contributed by atoms with Gasteiger partial charge in [0.15, 0.2) is 0 Å². The van der Waals surface area contributed by atoms with E-state index in [-0.39, 0.29) is 0 Å². The molecule has 0 aromatic carbocycles. The first-order valence-electron chi connectivity index (χ1n) is 15.0. The van der Waals surface area contributed by atoms with E-state index in [1.54, 1.807) is 41.5 Å². The van der Waals surface area contributed by atoms with Crippen LogP contribution in [-0.2, 0) is 28.6 Å². The Labute approximate surface area is 256 Å². The molecule has 0 aromatic heterocycles. The average Bonchev–Trinajstić information content (AvgIpc) is 2.88. The largest absolute Gasteiger partial charge is 0.450 e. The highest BCUT2D eigenvalue weighted by atomic mass is 16.7. The van der Waals surface area contributed by atoms with Crippen molar-refractivity contribution < 1.29 is 47.8 Å². The van der Waals surface area contributed by atoms with Crippen molar-refractivity contribution in [3.63, 3.8) is 0 Å². The van der Waals surface area contributed by atoms with E-state index >= 15 is 0 Å². The second kappa shape index (κ2) is 24.4. The van der Waals surface area contributed by atoms with Crippen LogP contribution in [0.4, 0.5) is 19.2 Å². The summed E-state index contributed by atoms with van der Waals surface area (Å²) in [7, 11) is 0. The van der Waals surface area contributed by atoms with E-state index in [4.69, 9.17) is 28.6 Å². The molecule has 0 aliphatic rings. The van der Waals surface area contributed by atoms with Gasteiger partial charge in [0.05, 0.1) is 26.4 Å². The van der Waals surface area contributed by atoms with Gasteiger partial charge in [-0.25, -0.2) is 19.2 Å². The summed E-state index contributed by atoms with van der Waals surface area (Å²) in [5.74, 6) is 0. The van der Waals surface area contributed by atoms with Crippen molar-refractivity contribution in [1.29, 1.82) is 0 Å². The molecule has 0 aliphatic heterocycles. The van der Waals surface area contributed by atoms with Crippen LogP contribution < -0.4 is 26.9 Å². The molecular formula is C28H55N5O10. The van der Waals surface area contributed by atoms with Gasteiger partial charge in [-0.15, -0.1) is 0 Å². The fourth-order valence-electron chi connectivity index (χ4n) is 3.14. The van der Waals surface area contributed by atoms with Crippen LogP contribution in [0.2, 0.25) is 0 Å². The van der Waals surface area contributed by atoms with Crippen LogP contribution in [0.15, 0.2) is 0 Å². The zero-order valence-electron chi connectivity index (χ0n) is 26.9. The standard InChI is InChI=1S/C28H55N5O10/c1-27(2,3)42-25(36)32-40-21-13-9-7-11-19-38-23(34)30-17-15-29-16-18-31-24(35)39-20-12-8-10-14-22-41-33-26(37)43-28(4,5)6/h29H,7-22H2,1-6H3,(H,30,34)(H,31,35)(H,32,36)(H,33,37). The third kappa shape index (κ3) is 31.7. The van der Waals surface area contributed by atoms with Gasteiger partial charge in [0.2, 0.25) is 0 Å². The van der Waals surface area contributed by atoms with Crippen LogP contribution in [-0.4, -0.2) is 88.2 Å². The second-order valence-electron chi connectivity index (χ2n) is 11.6. The number of hydroxylamine groups is 2. The molecule has 0 aliphatic carbocycles. The SMILES string of the molecule is CC(C)(C)OC(=O)NOCCCCCCOC(=O)NCCNCCNC(=O)OCCCCCCONC(=O)OC(C)(C)C. The van der Waals surface area contributed by atoms with Crippen LogP contribution >= 0.6 is 0 Å². The minimum atomic E-state index is -0.616. The normalized spacial score (nSPS) is 11.3. The average molecular weight is 622 g/mol. The minimum absolute atomic E-state index is 0.323. The maximum Gasteiger partial charge on any atom is 0.431 e. The van der Waals surface area contributed by atoms with Gasteiger partial charge in [0, 0.05) is 26.2 Å². The molecule has 4 amide bonds. The van der Waals surface area contributed by atoms with E-state index < -0.39 is 35.6 Å².